The number of nitrogens with one attached hydrogen (secondary N) is 2. The molecular formula is C14H21N5O. The lowest BCUT2D eigenvalue weighted by Gasteiger charge is -2.13. The summed E-state index contributed by atoms with van der Waals surface area (Å²) in [6.45, 7) is 3.72. The Morgan fingerprint density at radius 3 is 3.05 bits per heavy atom. The second-order valence-corrected chi connectivity index (χ2v) is 5.38. The number of hydrogen-bond donors (Lipinski definition) is 3. The minimum Gasteiger partial charge on any atom is -0.393 e. The van der Waals surface area contributed by atoms with Crippen LogP contribution in [0, 0.1) is 5.92 Å². The van der Waals surface area contributed by atoms with E-state index in [0.717, 1.165) is 49.6 Å². The minimum absolute atomic E-state index is 0.130. The predicted molar refractivity (Wildman–Crippen MR) is 79.0 cm³/mol. The Morgan fingerprint density at radius 2 is 2.30 bits per heavy atom. The Labute approximate surface area is 118 Å². The predicted octanol–water partition coefficient (Wildman–Crippen LogP) is 1.73. The van der Waals surface area contributed by atoms with Crippen LogP contribution >= 0.6 is 0 Å². The number of rotatable bonds is 5. The standard InChI is InChI=1S/C14H21N5O/c1-2-15-12-9-19-6-5-16-14(19)13(18-12)17-8-10-3-4-11(20)7-10/h5-6,9-11,15,20H,2-4,7-8H2,1H3,(H,17,18). The van der Waals surface area contributed by atoms with E-state index in [9.17, 15) is 5.11 Å². The summed E-state index contributed by atoms with van der Waals surface area (Å²) in [7, 11) is 0. The molecule has 2 heterocycles. The van der Waals surface area contributed by atoms with Crippen molar-refractivity contribution in [2.24, 2.45) is 5.92 Å². The first-order valence-electron chi connectivity index (χ1n) is 7.25. The number of aliphatic hydroxyl groups excluding tert-OH is 1. The van der Waals surface area contributed by atoms with Crippen molar-refractivity contribution in [1.82, 2.24) is 14.4 Å². The number of imidazole rings is 1. The maximum absolute atomic E-state index is 9.58. The Hall–Kier alpha value is -1.82. The highest BCUT2D eigenvalue weighted by Crippen LogP contribution is 2.26. The number of anilines is 2. The van der Waals surface area contributed by atoms with Crippen molar-refractivity contribution in [3.63, 3.8) is 0 Å². The second-order valence-electron chi connectivity index (χ2n) is 5.38. The smallest absolute Gasteiger partial charge is 0.180 e. The highest BCUT2D eigenvalue weighted by molar-refractivity contribution is 5.65. The van der Waals surface area contributed by atoms with Gasteiger partial charge >= 0.3 is 0 Å². The van der Waals surface area contributed by atoms with Gasteiger partial charge in [0.1, 0.15) is 5.82 Å². The van der Waals surface area contributed by atoms with Crippen LogP contribution in [0.5, 0.6) is 0 Å². The Balaban J connectivity index is 1.76. The zero-order valence-corrected chi connectivity index (χ0v) is 11.7. The molecule has 0 aliphatic heterocycles. The highest BCUT2D eigenvalue weighted by atomic mass is 16.3. The molecule has 3 N–H and O–H groups in total. The van der Waals surface area contributed by atoms with E-state index in [1.54, 1.807) is 6.20 Å². The third-order valence-electron chi connectivity index (χ3n) is 3.80. The summed E-state index contributed by atoms with van der Waals surface area (Å²) in [5, 5.41) is 16.2. The van der Waals surface area contributed by atoms with Gasteiger partial charge in [0, 0.05) is 25.5 Å². The van der Waals surface area contributed by atoms with Gasteiger partial charge in [-0.15, -0.1) is 0 Å². The number of hydrogen-bond acceptors (Lipinski definition) is 5. The lowest BCUT2D eigenvalue weighted by molar-refractivity contribution is 0.178. The van der Waals surface area contributed by atoms with Gasteiger partial charge in [0.2, 0.25) is 0 Å². The van der Waals surface area contributed by atoms with Crippen molar-refractivity contribution in [2.45, 2.75) is 32.3 Å². The summed E-state index contributed by atoms with van der Waals surface area (Å²) in [4.78, 5) is 8.92. The van der Waals surface area contributed by atoms with Crippen molar-refractivity contribution in [3.8, 4) is 0 Å². The van der Waals surface area contributed by atoms with Gasteiger partial charge in [-0.05, 0) is 32.1 Å². The van der Waals surface area contributed by atoms with E-state index in [2.05, 4.69) is 20.6 Å². The third kappa shape index (κ3) is 2.70. The van der Waals surface area contributed by atoms with Crippen molar-refractivity contribution >= 4 is 17.3 Å². The molecule has 0 saturated heterocycles. The van der Waals surface area contributed by atoms with Gasteiger partial charge in [-0.25, -0.2) is 9.97 Å². The van der Waals surface area contributed by atoms with Crippen LogP contribution < -0.4 is 10.6 Å². The van der Waals surface area contributed by atoms with Crippen LogP contribution in [0.4, 0.5) is 11.6 Å². The summed E-state index contributed by atoms with van der Waals surface area (Å²) in [6.07, 6.45) is 8.37. The van der Waals surface area contributed by atoms with Crippen LogP contribution in [0.15, 0.2) is 18.6 Å². The van der Waals surface area contributed by atoms with Gasteiger partial charge < -0.3 is 20.1 Å². The molecule has 1 fully saturated rings. The molecule has 0 bridgehead atoms. The first kappa shape index (κ1) is 13.2. The van der Waals surface area contributed by atoms with Gasteiger partial charge in [0.05, 0.1) is 12.3 Å². The first-order chi connectivity index (χ1) is 9.76. The van der Waals surface area contributed by atoms with Gasteiger partial charge in [-0.1, -0.05) is 0 Å². The fraction of sp³-hybridized carbons (Fsp3) is 0.571. The van der Waals surface area contributed by atoms with Crippen LogP contribution in [0.3, 0.4) is 0 Å². The second kappa shape index (κ2) is 5.66. The molecule has 1 aliphatic rings. The molecule has 1 saturated carbocycles. The Kier molecular flexibility index (Phi) is 3.73. The largest absolute Gasteiger partial charge is 0.393 e. The Morgan fingerprint density at radius 1 is 1.40 bits per heavy atom. The molecule has 2 atom stereocenters. The van der Waals surface area contributed by atoms with Gasteiger partial charge in [-0.3, -0.25) is 0 Å². The molecule has 0 radical (unpaired) electrons. The summed E-state index contributed by atoms with van der Waals surface area (Å²) in [5.41, 5.74) is 0.838. The van der Waals surface area contributed by atoms with E-state index >= 15 is 0 Å². The number of fused-ring (bicyclic) bond motifs is 1. The van der Waals surface area contributed by atoms with E-state index in [1.165, 1.54) is 0 Å². The zero-order chi connectivity index (χ0) is 13.9. The van der Waals surface area contributed by atoms with Gasteiger partial charge in [0.25, 0.3) is 0 Å². The quantitative estimate of drug-likeness (QED) is 0.775. The fourth-order valence-electron chi connectivity index (χ4n) is 2.79. The molecular weight excluding hydrogens is 254 g/mol. The molecule has 0 spiro atoms. The summed E-state index contributed by atoms with van der Waals surface area (Å²) < 4.78 is 1.97. The molecule has 0 amide bonds. The van der Waals surface area contributed by atoms with Crippen molar-refractivity contribution in [2.75, 3.05) is 23.7 Å². The van der Waals surface area contributed by atoms with E-state index in [0.29, 0.717) is 5.92 Å². The van der Waals surface area contributed by atoms with Gasteiger partial charge in [0.15, 0.2) is 11.5 Å². The van der Waals surface area contributed by atoms with Crippen LogP contribution in [-0.2, 0) is 0 Å². The Bertz CT molecular complexity index is 582. The molecule has 6 heteroatoms. The zero-order valence-electron chi connectivity index (χ0n) is 11.7. The molecule has 20 heavy (non-hydrogen) atoms. The van der Waals surface area contributed by atoms with Crippen LogP contribution in [0.25, 0.3) is 5.65 Å². The SMILES string of the molecule is CCNc1cn2ccnc2c(NCC2CCC(O)C2)n1. The molecule has 1 aliphatic carbocycles. The highest BCUT2D eigenvalue weighted by Gasteiger charge is 2.22. The van der Waals surface area contributed by atoms with Crippen LogP contribution in [-0.4, -0.2) is 38.7 Å². The topological polar surface area (TPSA) is 74.5 Å². The van der Waals surface area contributed by atoms with Crippen LogP contribution in [0.1, 0.15) is 26.2 Å². The van der Waals surface area contributed by atoms with Crippen LogP contribution in [0.2, 0.25) is 0 Å². The molecule has 0 aromatic carbocycles. The molecule has 2 aromatic heterocycles. The monoisotopic (exact) mass is 275 g/mol. The number of aliphatic hydroxyl groups is 1. The molecule has 3 rings (SSSR count). The van der Waals surface area contributed by atoms with Gasteiger partial charge in [-0.2, -0.15) is 0 Å². The molecule has 2 aromatic rings. The normalized spacial score (nSPS) is 22.3. The molecule has 108 valence electrons. The van der Waals surface area contributed by atoms with E-state index in [4.69, 9.17) is 0 Å². The van der Waals surface area contributed by atoms with E-state index < -0.39 is 0 Å². The molecule has 6 nitrogen and oxygen atoms in total. The number of aromatic nitrogens is 3. The number of nitrogens with zero attached hydrogens (tertiary/aromatic N) is 3. The maximum atomic E-state index is 9.58. The summed E-state index contributed by atoms with van der Waals surface area (Å²) >= 11 is 0. The van der Waals surface area contributed by atoms with Crippen molar-refractivity contribution < 1.29 is 5.11 Å². The third-order valence-corrected chi connectivity index (χ3v) is 3.80. The lowest BCUT2D eigenvalue weighted by Crippen LogP contribution is -2.15. The maximum Gasteiger partial charge on any atom is 0.180 e. The lowest BCUT2D eigenvalue weighted by atomic mass is 10.1. The first-order valence-corrected chi connectivity index (χ1v) is 7.25. The summed E-state index contributed by atoms with van der Waals surface area (Å²) in [6, 6.07) is 0. The van der Waals surface area contributed by atoms with E-state index in [1.807, 2.05) is 23.7 Å². The molecule has 2 unspecified atom stereocenters. The van der Waals surface area contributed by atoms with E-state index in [-0.39, 0.29) is 6.10 Å². The average molecular weight is 275 g/mol. The summed E-state index contributed by atoms with van der Waals surface area (Å²) in [5.74, 6) is 2.16. The fourth-order valence-corrected chi connectivity index (χ4v) is 2.79. The van der Waals surface area contributed by atoms with Crippen molar-refractivity contribution in [3.05, 3.63) is 18.6 Å². The van der Waals surface area contributed by atoms with Crippen molar-refractivity contribution in [1.29, 1.82) is 0 Å². The minimum atomic E-state index is -0.130. The average Bonchev–Trinajstić information content (AvgIpc) is 3.05.